The van der Waals surface area contributed by atoms with E-state index < -0.39 is 10.0 Å². The van der Waals surface area contributed by atoms with Crippen molar-refractivity contribution in [2.75, 3.05) is 11.9 Å². The number of aryl methyl sites for hydroxylation is 1. The third kappa shape index (κ3) is 4.03. The molecule has 0 saturated carbocycles. The predicted molar refractivity (Wildman–Crippen MR) is 83.6 cm³/mol. The first-order chi connectivity index (χ1) is 10.0. The molecule has 2 rings (SSSR count). The van der Waals surface area contributed by atoms with Gasteiger partial charge in [-0.15, -0.1) is 0 Å². The summed E-state index contributed by atoms with van der Waals surface area (Å²) < 4.78 is 26.8. The lowest BCUT2D eigenvalue weighted by molar-refractivity contribution is 0.584. The molecule has 2 aromatic rings. The third-order valence-electron chi connectivity index (χ3n) is 2.92. The highest BCUT2D eigenvalue weighted by Crippen LogP contribution is 2.21. The van der Waals surface area contributed by atoms with Crippen LogP contribution in [0.1, 0.15) is 18.3 Å². The molecule has 0 radical (unpaired) electrons. The van der Waals surface area contributed by atoms with Crippen LogP contribution in [0.25, 0.3) is 0 Å². The van der Waals surface area contributed by atoms with Crippen LogP contribution in [0.4, 0.5) is 5.69 Å². The molecule has 0 saturated heterocycles. The Bertz CT molecular complexity index is 714. The second kappa shape index (κ2) is 6.69. The molecule has 0 aliphatic carbocycles. The van der Waals surface area contributed by atoms with Crippen LogP contribution in [-0.2, 0) is 16.6 Å². The van der Waals surface area contributed by atoms with Gasteiger partial charge in [0.2, 0.25) is 10.0 Å². The van der Waals surface area contributed by atoms with Crippen molar-refractivity contribution >= 4 is 15.7 Å². The van der Waals surface area contributed by atoms with Gasteiger partial charge in [0.25, 0.3) is 0 Å². The summed E-state index contributed by atoms with van der Waals surface area (Å²) in [7, 11) is -3.49. The zero-order chi connectivity index (χ0) is 15.3. The fourth-order valence-corrected chi connectivity index (χ4v) is 3.22. The van der Waals surface area contributed by atoms with Gasteiger partial charge in [0.1, 0.15) is 4.90 Å². The maximum atomic E-state index is 12.2. The number of hydrogen-bond donors (Lipinski definition) is 2. The van der Waals surface area contributed by atoms with Crippen molar-refractivity contribution in [3.63, 3.8) is 0 Å². The van der Waals surface area contributed by atoms with Crippen LogP contribution < -0.4 is 10.0 Å². The average Bonchev–Trinajstić information content (AvgIpc) is 2.45. The van der Waals surface area contributed by atoms with E-state index in [1.165, 1.54) is 0 Å². The molecule has 0 aliphatic rings. The monoisotopic (exact) mass is 305 g/mol. The molecule has 0 spiro atoms. The summed E-state index contributed by atoms with van der Waals surface area (Å²) in [5, 5.41) is 3.14. The summed E-state index contributed by atoms with van der Waals surface area (Å²) >= 11 is 0. The molecule has 0 bridgehead atoms. The number of anilines is 1. The highest BCUT2D eigenvalue weighted by atomic mass is 32.2. The van der Waals surface area contributed by atoms with Crippen molar-refractivity contribution in [3.8, 4) is 0 Å². The topological polar surface area (TPSA) is 71.1 Å². The normalized spacial score (nSPS) is 11.3. The van der Waals surface area contributed by atoms with Crippen LogP contribution in [-0.4, -0.2) is 19.9 Å². The van der Waals surface area contributed by atoms with E-state index in [0.717, 1.165) is 11.4 Å². The average molecular weight is 305 g/mol. The first-order valence-corrected chi connectivity index (χ1v) is 8.26. The number of rotatable bonds is 6. The Morgan fingerprint density at radius 3 is 2.57 bits per heavy atom. The van der Waals surface area contributed by atoms with Crippen molar-refractivity contribution < 1.29 is 8.42 Å². The van der Waals surface area contributed by atoms with Crippen molar-refractivity contribution in [2.24, 2.45) is 0 Å². The van der Waals surface area contributed by atoms with Gasteiger partial charge in [-0.25, -0.2) is 13.1 Å². The Morgan fingerprint density at radius 1 is 1.10 bits per heavy atom. The van der Waals surface area contributed by atoms with E-state index in [0.29, 0.717) is 18.8 Å². The zero-order valence-electron chi connectivity index (χ0n) is 12.1. The standard InChI is InChI=1S/C15H19N3O2S/c1-3-17-21(19,20)15-10-5-4-9-14(15)16-11-13-8-6-7-12(2)18-13/h4-10,16-17H,3,11H2,1-2H3. The van der Waals surface area contributed by atoms with Gasteiger partial charge in [-0.2, -0.15) is 0 Å². The van der Waals surface area contributed by atoms with Crippen LogP contribution in [0.2, 0.25) is 0 Å². The quantitative estimate of drug-likeness (QED) is 0.859. The second-order valence-electron chi connectivity index (χ2n) is 4.62. The van der Waals surface area contributed by atoms with Crippen LogP contribution in [0, 0.1) is 6.92 Å². The summed E-state index contributed by atoms with van der Waals surface area (Å²) in [6.07, 6.45) is 0. The van der Waals surface area contributed by atoms with E-state index in [-0.39, 0.29) is 4.90 Å². The molecule has 0 fully saturated rings. The molecule has 1 heterocycles. The molecule has 5 nitrogen and oxygen atoms in total. The minimum absolute atomic E-state index is 0.250. The number of benzene rings is 1. The van der Waals surface area contributed by atoms with Crippen LogP contribution in [0.5, 0.6) is 0 Å². The van der Waals surface area contributed by atoms with Crippen molar-refractivity contribution in [1.82, 2.24) is 9.71 Å². The minimum atomic E-state index is -3.49. The Hall–Kier alpha value is -1.92. The van der Waals surface area contributed by atoms with Gasteiger partial charge in [0, 0.05) is 12.2 Å². The van der Waals surface area contributed by atoms with Gasteiger partial charge >= 0.3 is 0 Å². The molecule has 21 heavy (non-hydrogen) atoms. The first-order valence-electron chi connectivity index (χ1n) is 6.78. The molecule has 0 amide bonds. The molecule has 2 N–H and O–H groups in total. The Balaban J connectivity index is 2.21. The number of pyridine rings is 1. The van der Waals surface area contributed by atoms with Gasteiger partial charge in [0.15, 0.2) is 0 Å². The summed E-state index contributed by atoms with van der Waals surface area (Å²) in [4.78, 5) is 4.64. The van der Waals surface area contributed by atoms with Gasteiger partial charge in [-0.3, -0.25) is 4.98 Å². The van der Waals surface area contributed by atoms with Crippen molar-refractivity contribution in [3.05, 3.63) is 53.9 Å². The van der Waals surface area contributed by atoms with Crippen molar-refractivity contribution in [1.29, 1.82) is 0 Å². The molecule has 0 unspecified atom stereocenters. The number of hydrogen-bond acceptors (Lipinski definition) is 4. The minimum Gasteiger partial charge on any atom is -0.378 e. The molecular formula is C15H19N3O2S. The lowest BCUT2D eigenvalue weighted by atomic mass is 10.3. The van der Waals surface area contributed by atoms with E-state index in [4.69, 9.17) is 0 Å². The fraction of sp³-hybridized carbons (Fsp3) is 0.267. The highest BCUT2D eigenvalue weighted by molar-refractivity contribution is 7.89. The fourth-order valence-electron chi connectivity index (χ4n) is 2.00. The SMILES string of the molecule is CCNS(=O)(=O)c1ccccc1NCc1cccc(C)n1. The summed E-state index contributed by atoms with van der Waals surface area (Å²) in [6, 6.07) is 12.6. The largest absolute Gasteiger partial charge is 0.378 e. The molecular weight excluding hydrogens is 286 g/mol. The number of aromatic nitrogens is 1. The van der Waals surface area contributed by atoms with Gasteiger partial charge in [0.05, 0.1) is 17.9 Å². The molecule has 0 atom stereocenters. The van der Waals surface area contributed by atoms with E-state index in [9.17, 15) is 8.42 Å². The summed E-state index contributed by atoms with van der Waals surface area (Å²) in [6.45, 7) is 4.51. The van der Waals surface area contributed by atoms with Gasteiger partial charge in [-0.05, 0) is 31.2 Å². The number of sulfonamides is 1. The molecule has 1 aromatic carbocycles. The number of para-hydroxylation sites is 1. The molecule has 0 aliphatic heterocycles. The smallest absolute Gasteiger partial charge is 0.242 e. The predicted octanol–water partition coefficient (Wildman–Crippen LogP) is 2.30. The Kier molecular flexibility index (Phi) is 4.93. The van der Waals surface area contributed by atoms with Gasteiger partial charge in [-0.1, -0.05) is 25.1 Å². The van der Waals surface area contributed by atoms with E-state index in [1.807, 2.05) is 25.1 Å². The molecule has 1 aromatic heterocycles. The maximum Gasteiger partial charge on any atom is 0.242 e. The van der Waals surface area contributed by atoms with Crippen LogP contribution >= 0.6 is 0 Å². The van der Waals surface area contributed by atoms with Crippen LogP contribution in [0.3, 0.4) is 0 Å². The van der Waals surface area contributed by atoms with Crippen molar-refractivity contribution in [2.45, 2.75) is 25.3 Å². The summed E-state index contributed by atoms with van der Waals surface area (Å²) in [5.74, 6) is 0. The van der Waals surface area contributed by atoms with Crippen LogP contribution in [0.15, 0.2) is 47.4 Å². The number of nitrogens with one attached hydrogen (secondary N) is 2. The Labute approximate surface area is 125 Å². The van der Waals surface area contributed by atoms with E-state index in [1.54, 1.807) is 31.2 Å². The highest BCUT2D eigenvalue weighted by Gasteiger charge is 2.16. The zero-order valence-corrected chi connectivity index (χ0v) is 12.9. The second-order valence-corrected chi connectivity index (χ2v) is 6.36. The lowest BCUT2D eigenvalue weighted by Crippen LogP contribution is -2.24. The summed E-state index contributed by atoms with van der Waals surface area (Å²) in [5.41, 5.74) is 2.37. The first kappa shape index (κ1) is 15.5. The molecule has 6 heteroatoms. The maximum absolute atomic E-state index is 12.2. The lowest BCUT2D eigenvalue weighted by Gasteiger charge is -2.12. The van der Waals surface area contributed by atoms with E-state index in [2.05, 4.69) is 15.0 Å². The Morgan fingerprint density at radius 2 is 1.86 bits per heavy atom. The number of nitrogens with zero attached hydrogens (tertiary/aromatic N) is 1. The van der Waals surface area contributed by atoms with E-state index >= 15 is 0 Å². The van der Waals surface area contributed by atoms with Gasteiger partial charge < -0.3 is 5.32 Å². The third-order valence-corrected chi connectivity index (χ3v) is 4.52. The molecule has 112 valence electrons.